The van der Waals surface area contributed by atoms with Crippen LogP contribution in [0.25, 0.3) is 11.1 Å². The SMILES string of the molecule is CCOC(=O)CN(CCCc1nc2ccccc2o1)C1CC1. The van der Waals surface area contributed by atoms with E-state index in [1.54, 1.807) is 0 Å². The van der Waals surface area contributed by atoms with Gasteiger partial charge in [0.15, 0.2) is 11.5 Å². The van der Waals surface area contributed by atoms with Crippen molar-refractivity contribution in [2.45, 2.75) is 38.6 Å². The molecule has 0 saturated heterocycles. The number of nitrogens with zero attached hydrogens (tertiary/aromatic N) is 2. The zero-order valence-corrected chi connectivity index (χ0v) is 13.0. The van der Waals surface area contributed by atoms with Crippen molar-refractivity contribution < 1.29 is 13.9 Å². The Kier molecular flexibility index (Phi) is 4.73. The third-order valence-electron chi connectivity index (χ3n) is 3.87. The number of esters is 1. The van der Waals surface area contributed by atoms with Crippen molar-refractivity contribution in [1.29, 1.82) is 0 Å². The van der Waals surface area contributed by atoms with Crippen molar-refractivity contribution in [3.8, 4) is 0 Å². The normalized spacial score (nSPS) is 14.6. The highest BCUT2D eigenvalue weighted by atomic mass is 16.5. The molecule has 22 heavy (non-hydrogen) atoms. The second kappa shape index (κ2) is 6.92. The molecule has 0 atom stereocenters. The first kappa shape index (κ1) is 15.0. The molecule has 0 unspecified atom stereocenters. The van der Waals surface area contributed by atoms with Crippen molar-refractivity contribution in [2.75, 3.05) is 19.7 Å². The molecule has 0 bridgehead atoms. The van der Waals surface area contributed by atoms with Gasteiger partial charge in [-0.15, -0.1) is 0 Å². The van der Waals surface area contributed by atoms with E-state index in [0.29, 0.717) is 19.2 Å². The third-order valence-corrected chi connectivity index (χ3v) is 3.87. The number of carbonyl (C=O) groups is 1. The summed E-state index contributed by atoms with van der Waals surface area (Å²) in [6, 6.07) is 8.35. The molecule has 1 aliphatic carbocycles. The number of hydrogen-bond acceptors (Lipinski definition) is 5. The van der Waals surface area contributed by atoms with Crippen LogP contribution >= 0.6 is 0 Å². The average molecular weight is 302 g/mol. The Balaban J connectivity index is 1.50. The molecule has 1 aromatic carbocycles. The molecular weight excluding hydrogens is 280 g/mol. The molecule has 0 radical (unpaired) electrons. The van der Waals surface area contributed by atoms with Crippen LogP contribution < -0.4 is 0 Å². The van der Waals surface area contributed by atoms with E-state index in [1.807, 2.05) is 31.2 Å². The van der Waals surface area contributed by atoms with Gasteiger partial charge in [0.05, 0.1) is 13.2 Å². The lowest BCUT2D eigenvalue weighted by molar-refractivity contribution is -0.144. The van der Waals surface area contributed by atoms with Crippen LogP contribution in [0.4, 0.5) is 0 Å². The largest absolute Gasteiger partial charge is 0.465 e. The number of carbonyl (C=O) groups excluding carboxylic acids is 1. The molecule has 1 aromatic heterocycles. The Bertz CT molecular complexity index is 601. The molecule has 5 heteroatoms. The van der Waals surface area contributed by atoms with Crippen molar-refractivity contribution in [2.24, 2.45) is 0 Å². The van der Waals surface area contributed by atoms with Crippen LogP contribution in [0.1, 0.15) is 32.1 Å². The minimum Gasteiger partial charge on any atom is -0.465 e. The number of hydrogen-bond donors (Lipinski definition) is 0. The predicted octanol–water partition coefficient (Wildman–Crippen LogP) is 2.79. The van der Waals surface area contributed by atoms with Gasteiger partial charge in [-0.25, -0.2) is 4.98 Å². The van der Waals surface area contributed by atoms with Gasteiger partial charge in [0, 0.05) is 12.5 Å². The number of benzene rings is 1. The summed E-state index contributed by atoms with van der Waals surface area (Å²) in [4.78, 5) is 18.3. The van der Waals surface area contributed by atoms with Crippen LogP contribution in [0.2, 0.25) is 0 Å². The first-order valence-corrected chi connectivity index (χ1v) is 8.00. The third kappa shape index (κ3) is 3.85. The number of aromatic nitrogens is 1. The van der Waals surface area contributed by atoms with Gasteiger partial charge >= 0.3 is 5.97 Å². The lowest BCUT2D eigenvalue weighted by atomic mass is 10.3. The molecular formula is C17H22N2O3. The van der Waals surface area contributed by atoms with E-state index in [9.17, 15) is 4.79 Å². The summed E-state index contributed by atoms with van der Waals surface area (Å²) in [5.74, 6) is 0.643. The molecule has 3 rings (SSSR count). The lowest BCUT2D eigenvalue weighted by Gasteiger charge is -2.20. The van der Waals surface area contributed by atoms with Gasteiger partial charge < -0.3 is 9.15 Å². The molecule has 118 valence electrons. The summed E-state index contributed by atoms with van der Waals surface area (Å²) < 4.78 is 10.8. The van der Waals surface area contributed by atoms with Crippen molar-refractivity contribution in [3.05, 3.63) is 30.2 Å². The summed E-state index contributed by atoms with van der Waals surface area (Å²) in [7, 11) is 0. The predicted molar refractivity (Wildman–Crippen MR) is 83.6 cm³/mol. The van der Waals surface area contributed by atoms with Crippen LogP contribution in [0.3, 0.4) is 0 Å². The fourth-order valence-electron chi connectivity index (χ4n) is 2.66. The molecule has 2 aromatic rings. The van der Waals surface area contributed by atoms with E-state index < -0.39 is 0 Å². The van der Waals surface area contributed by atoms with E-state index in [2.05, 4.69) is 9.88 Å². The number of aryl methyl sites for hydroxylation is 1. The maximum Gasteiger partial charge on any atom is 0.320 e. The van der Waals surface area contributed by atoms with Crippen LogP contribution in [-0.4, -0.2) is 41.6 Å². The zero-order chi connectivity index (χ0) is 15.4. The van der Waals surface area contributed by atoms with E-state index in [4.69, 9.17) is 9.15 Å². The molecule has 0 amide bonds. The van der Waals surface area contributed by atoms with Crippen molar-refractivity contribution in [1.82, 2.24) is 9.88 Å². The van der Waals surface area contributed by atoms with E-state index >= 15 is 0 Å². The number of ether oxygens (including phenoxy) is 1. The minimum absolute atomic E-state index is 0.128. The maximum atomic E-state index is 11.6. The Hall–Kier alpha value is -1.88. The highest BCUT2D eigenvalue weighted by Gasteiger charge is 2.30. The quantitative estimate of drug-likeness (QED) is 0.702. The van der Waals surface area contributed by atoms with Gasteiger partial charge in [-0.3, -0.25) is 9.69 Å². The number of fused-ring (bicyclic) bond motifs is 1. The Morgan fingerprint density at radius 3 is 2.95 bits per heavy atom. The minimum atomic E-state index is -0.128. The maximum absolute atomic E-state index is 11.6. The molecule has 0 N–H and O–H groups in total. The van der Waals surface area contributed by atoms with Gasteiger partial charge in [-0.1, -0.05) is 12.1 Å². The molecule has 1 aliphatic rings. The first-order valence-electron chi connectivity index (χ1n) is 8.00. The zero-order valence-electron chi connectivity index (χ0n) is 13.0. The van der Waals surface area contributed by atoms with Gasteiger partial charge in [0.25, 0.3) is 0 Å². The number of oxazole rings is 1. The first-order chi connectivity index (χ1) is 10.8. The van der Waals surface area contributed by atoms with Crippen molar-refractivity contribution in [3.63, 3.8) is 0 Å². The average Bonchev–Trinajstić information content (AvgIpc) is 3.26. The molecule has 0 aliphatic heterocycles. The van der Waals surface area contributed by atoms with Gasteiger partial charge in [-0.05, 0) is 44.9 Å². The molecule has 0 spiro atoms. The molecule has 5 nitrogen and oxygen atoms in total. The summed E-state index contributed by atoms with van der Waals surface area (Å²) >= 11 is 0. The standard InChI is InChI=1S/C17H22N2O3/c1-2-21-17(20)12-19(13-9-10-13)11-5-8-16-18-14-6-3-4-7-15(14)22-16/h3-4,6-7,13H,2,5,8-12H2,1H3. The van der Waals surface area contributed by atoms with E-state index in [-0.39, 0.29) is 5.97 Å². The van der Waals surface area contributed by atoms with Crippen LogP contribution in [0, 0.1) is 0 Å². The number of rotatable bonds is 8. The second-order valence-electron chi connectivity index (χ2n) is 5.69. The monoisotopic (exact) mass is 302 g/mol. The van der Waals surface area contributed by atoms with Gasteiger partial charge in [-0.2, -0.15) is 0 Å². The highest BCUT2D eigenvalue weighted by Crippen LogP contribution is 2.27. The Morgan fingerprint density at radius 2 is 2.23 bits per heavy atom. The molecule has 1 fully saturated rings. The summed E-state index contributed by atoms with van der Waals surface area (Å²) in [5, 5.41) is 0. The molecule has 1 heterocycles. The summed E-state index contributed by atoms with van der Waals surface area (Å²) in [5.41, 5.74) is 1.74. The summed E-state index contributed by atoms with van der Waals surface area (Å²) in [6.45, 7) is 3.56. The topological polar surface area (TPSA) is 55.6 Å². The second-order valence-corrected chi connectivity index (χ2v) is 5.69. The van der Waals surface area contributed by atoms with E-state index in [0.717, 1.165) is 36.4 Å². The smallest absolute Gasteiger partial charge is 0.320 e. The van der Waals surface area contributed by atoms with E-state index in [1.165, 1.54) is 12.8 Å². The fourth-order valence-corrected chi connectivity index (χ4v) is 2.66. The summed E-state index contributed by atoms with van der Waals surface area (Å²) in [6.07, 6.45) is 4.09. The fraction of sp³-hybridized carbons (Fsp3) is 0.529. The highest BCUT2D eigenvalue weighted by molar-refractivity contribution is 5.72. The number of para-hydroxylation sites is 2. The Morgan fingerprint density at radius 1 is 1.41 bits per heavy atom. The Labute approximate surface area is 130 Å². The molecule has 1 saturated carbocycles. The van der Waals surface area contributed by atoms with Crippen LogP contribution in [0.15, 0.2) is 28.7 Å². The van der Waals surface area contributed by atoms with Gasteiger partial charge in [0.1, 0.15) is 5.52 Å². The van der Waals surface area contributed by atoms with Crippen molar-refractivity contribution >= 4 is 17.1 Å². The lowest BCUT2D eigenvalue weighted by Crippen LogP contribution is -2.34. The van der Waals surface area contributed by atoms with Crippen LogP contribution in [-0.2, 0) is 16.0 Å². The van der Waals surface area contributed by atoms with Gasteiger partial charge in [0.2, 0.25) is 0 Å². The van der Waals surface area contributed by atoms with Crippen LogP contribution in [0.5, 0.6) is 0 Å².